The third kappa shape index (κ3) is 5.26. The lowest BCUT2D eigenvalue weighted by molar-refractivity contribution is 0.649. The van der Waals surface area contributed by atoms with Crippen LogP contribution in [0.25, 0.3) is 77.9 Å². The van der Waals surface area contributed by atoms with Gasteiger partial charge in [-0.05, 0) is 41.8 Å². The summed E-state index contributed by atoms with van der Waals surface area (Å²) in [5.74, 6) is 1.96. The van der Waals surface area contributed by atoms with Gasteiger partial charge in [-0.2, -0.15) is 9.97 Å². The number of nitrogens with zero attached hydrogens (tertiary/aromatic N) is 5. The van der Waals surface area contributed by atoms with E-state index in [2.05, 4.69) is 170 Å². The molecule has 0 spiro atoms. The minimum atomic E-state index is 0.164. The molecule has 9 aromatic rings. The molecule has 1 aliphatic carbocycles. The number of hydrogen-bond acceptors (Lipinski definition) is 3. The van der Waals surface area contributed by atoms with E-state index in [4.69, 9.17) is 15.0 Å². The van der Waals surface area contributed by atoms with Gasteiger partial charge in [-0.1, -0.05) is 126 Å². The molecule has 3 heterocycles. The number of hydrogen-bond donors (Lipinski definition) is 0. The lowest BCUT2D eigenvalue weighted by Crippen LogP contribution is -2.55. The standard InChI is InChI=1S/C45H36B5N5/c46-38-37(39(47)41(49)42(50)40(38)48)44-51-43(27-13-5-2-6-14-27)52-45(53-44)55-34-18-10-8-16-30(34)32-23-31-29-15-7-9-17-33(29)54(35(31)24-36(32)55)28-21-19-26(20-22-28)25-11-3-1-4-12-25/h1-21,23-24,28H,22,46-50H2. The molecule has 1 aliphatic rings. The first-order chi connectivity index (χ1) is 26.9. The van der Waals surface area contributed by atoms with E-state index in [0.717, 1.165) is 28.6 Å². The maximum Gasteiger partial charge on any atom is 0.238 e. The molecule has 0 N–H and O–H groups in total. The molecule has 0 fully saturated rings. The number of allylic oxidation sites excluding steroid dienone is 4. The molecule has 10 heteroatoms. The number of fused-ring (bicyclic) bond motifs is 6. The zero-order chi connectivity index (χ0) is 37.4. The molecule has 0 saturated heterocycles. The fraction of sp³-hybridized carbons (Fsp3) is 0.0444. The maximum atomic E-state index is 5.39. The van der Waals surface area contributed by atoms with Crippen molar-refractivity contribution < 1.29 is 0 Å². The Balaban J connectivity index is 1.25. The second-order valence-corrected chi connectivity index (χ2v) is 15.0. The van der Waals surface area contributed by atoms with Crippen LogP contribution in [0.1, 0.15) is 18.0 Å². The van der Waals surface area contributed by atoms with Crippen LogP contribution in [0, 0.1) is 0 Å². The lowest BCUT2D eigenvalue weighted by atomic mass is 9.60. The van der Waals surface area contributed by atoms with E-state index in [-0.39, 0.29) is 6.04 Å². The van der Waals surface area contributed by atoms with Gasteiger partial charge in [0.2, 0.25) is 5.95 Å². The van der Waals surface area contributed by atoms with Gasteiger partial charge in [-0.25, -0.2) is 4.98 Å². The second kappa shape index (κ2) is 12.9. The summed E-state index contributed by atoms with van der Waals surface area (Å²) in [4.78, 5) is 15.9. The summed E-state index contributed by atoms with van der Waals surface area (Å²) in [6.45, 7) is 0. The van der Waals surface area contributed by atoms with Gasteiger partial charge in [0.05, 0.1) is 22.6 Å². The van der Waals surface area contributed by atoms with Crippen LogP contribution >= 0.6 is 0 Å². The van der Waals surface area contributed by atoms with Gasteiger partial charge in [-0.15, -0.1) is 16.4 Å². The van der Waals surface area contributed by atoms with E-state index in [1.807, 2.05) is 18.2 Å². The Morgan fingerprint density at radius 1 is 0.491 bits per heavy atom. The van der Waals surface area contributed by atoms with Crippen molar-refractivity contribution in [2.75, 3.05) is 0 Å². The van der Waals surface area contributed by atoms with Gasteiger partial charge in [0, 0.05) is 38.2 Å². The van der Waals surface area contributed by atoms with Crippen LogP contribution in [0.2, 0.25) is 0 Å². The molecule has 5 nitrogen and oxygen atoms in total. The summed E-state index contributed by atoms with van der Waals surface area (Å²) in [5.41, 5.74) is 15.4. The molecule has 1 unspecified atom stereocenters. The summed E-state index contributed by atoms with van der Waals surface area (Å²) in [6, 6.07) is 43.3. The molecule has 0 saturated carbocycles. The molecular formula is C45H36B5N5. The van der Waals surface area contributed by atoms with E-state index in [1.54, 1.807) is 0 Å². The fourth-order valence-electron chi connectivity index (χ4n) is 8.81. The van der Waals surface area contributed by atoms with E-state index in [0.29, 0.717) is 17.6 Å². The van der Waals surface area contributed by atoms with Crippen LogP contribution < -0.4 is 27.3 Å². The highest BCUT2D eigenvalue weighted by molar-refractivity contribution is 6.68. The van der Waals surface area contributed by atoms with Gasteiger partial charge >= 0.3 is 0 Å². The van der Waals surface area contributed by atoms with E-state index >= 15 is 0 Å². The smallest absolute Gasteiger partial charge is 0.238 e. The van der Waals surface area contributed by atoms with Crippen LogP contribution in [0.15, 0.2) is 140 Å². The zero-order valence-corrected chi connectivity index (χ0v) is 31.8. The Hall–Kier alpha value is -6.27. The molecule has 0 aliphatic heterocycles. The maximum absolute atomic E-state index is 5.39. The highest BCUT2D eigenvalue weighted by Gasteiger charge is 2.24. The summed E-state index contributed by atoms with van der Waals surface area (Å²) < 4.78 is 4.78. The summed E-state index contributed by atoms with van der Waals surface area (Å²) >= 11 is 0. The molecule has 1 atom stereocenters. The lowest BCUT2D eigenvalue weighted by Gasteiger charge is -2.21. The van der Waals surface area contributed by atoms with Crippen LogP contribution in [-0.4, -0.2) is 63.3 Å². The van der Waals surface area contributed by atoms with E-state index < -0.39 is 0 Å². The minimum absolute atomic E-state index is 0.164. The fourth-order valence-corrected chi connectivity index (χ4v) is 8.81. The zero-order valence-electron chi connectivity index (χ0n) is 31.8. The Bertz CT molecular complexity index is 3050. The predicted molar refractivity (Wildman–Crippen MR) is 246 cm³/mol. The van der Waals surface area contributed by atoms with Crippen LogP contribution in [0.3, 0.4) is 0 Å². The van der Waals surface area contributed by atoms with E-state index in [9.17, 15) is 0 Å². The monoisotopic (exact) mass is 701 g/mol. The Morgan fingerprint density at radius 3 is 1.73 bits per heavy atom. The molecule has 0 radical (unpaired) electrons. The minimum Gasteiger partial charge on any atom is -0.333 e. The number of rotatable bonds is 5. The normalized spacial score (nSPS) is 14.3. The van der Waals surface area contributed by atoms with Crippen molar-refractivity contribution >= 4 is 116 Å². The van der Waals surface area contributed by atoms with Crippen molar-refractivity contribution in [2.24, 2.45) is 0 Å². The average Bonchev–Trinajstić information content (AvgIpc) is 3.74. The number of aromatic nitrogens is 5. The summed E-state index contributed by atoms with van der Waals surface area (Å²) in [5, 5.41) is 4.85. The highest BCUT2D eigenvalue weighted by Crippen LogP contribution is 2.41. The van der Waals surface area contributed by atoms with Crippen LogP contribution in [0.5, 0.6) is 0 Å². The van der Waals surface area contributed by atoms with Crippen molar-refractivity contribution in [3.63, 3.8) is 0 Å². The van der Waals surface area contributed by atoms with Crippen LogP contribution in [0.4, 0.5) is 0 Å². The topological polar surface area (TPSA) is 48.5 Å². The molecule has 256 valence electrons. The van der Waals surface area contributed by atoms with Gasteiger partial charge in [0.15, 0.2) is 11.6 Å². The first-order valence-electron chi connectivity index (χ1n) is 19.2. The third-order valence-electron chi connectivity index (χ3n) is 12.1. The number of benzene rings is 6. The van der Waals surface area contributed by atoms with Crippen molar-refractivity contribution in [1.29, 1.82) is 0 Å². The second-order valence-electron chi connectivity index (χ2n) is 15.0. The molecular weight excluding hydrogens is 665 g/mol. The highest BCUT2D eigenvalue weighted by atomic mass is 15.2. The molecule has 3 aromatic heterocycles. The first kappa shape index (κ1) is 33.3. The van der Waals surface area contributed by atoms with Gasteiger partial charge in [0.25, 0.3) is 0 Å². The predicted octanol–water partition coefficient (Wildman–Crippen LogP) is 2.29. The van der Waals surface area contributed by atoms with Gasteiger partial charge < -0.3 is 4.57 Å². The van der Waals surface area contributed by atoms with Crippen molar-refractivity contribution in [1.82, 2.24) is 24.1 Å². The Labute approximate surface area is 324 Å². The van der Waals surface area contributed by atoms with Gasteiger partial charge in [0.1, 0.15) is 39.2 Å². The summed E-state index contributed by atoms with van der Waals surface area (Å²) in [6.07, 6.45) is 7.94. The van der Waals surface area contributed by atoms with Gasteiger partial charge in [-0.3, -0.25) is 4.57 Å². The first-order valence-corrected chi connectivity index (χ1v) is 19.2. The van der Waals surface area contributed by atoms with Crippen molar-refractivity contribution in [3.8, 4) is 28.7 Å². The van der Waals surface area contributed by atoms with Crippen molar-refractivity contribution in [3.05, 3.63) is 145 Å². The quantitative estimate of drug-likeness (QED) is 0.259. The average molecular weight is 701 g/mol. The van der Waals surface area contributed by atoms with Crippen LogP contribution in [-0.2, 0) is 0 Å². The molecule has 6 aromatic carbocycles. The van der Waals surface area contributed by atoms with E-state index in [1.165, 1.54) is 71.0 Å². The SMILES string of the molecule is Bc1c(B)c(B)c(-c2nc(-c3ccccc3)nc(-n3c4ccccc4c4cc5c6ccccc6n(C6C=CC(c7ccccc7)=CC6)c5cc43)n2)c(B)c1B. The molecule has 0 amide bonds. The largest absolute Gasteiger partial charge is 0.333 e. The Morgan fingerprint density at radius 2 is 1.05 bits per heavy atom. The molecule has 0 bridgehead atoms. The Kier molecular flexibility index (Phi) is 7.84. The molecule has 10 rings (SSSR count). The molecule has 55 heavy (non-hydrogen) atoms. The third-order valence-corrected chi connectivity index (χ3v) is 12.1. The van der Waals surface area contributed by atoms with Crippen molar-refractivity contribution in [2.45, 2.75) is 12.5 Å². The summed E-state index contributed by atoms with van der Waals surface area (Å²) in [7, 11) is 11.0. The number of para-hydroxylation sites is 2.